The number of nitroso groups, excluding NO2 is 1. The number of carbonyl (C=O) groups excluding carboxylic acids is 1. The molecular weight excluding hydrogens is 318 g/mol. The largest absolute Gasteiger partial charge is 0.444 e. The lowest BCUT2D eigenvalue weighted by molar-refractivity contribution is 0.00660. The number of aryl methyl sites for hydroxylation is 2. The third kappa shape index (κ3) is 5.51. The van der Waals surface area contributed by atoms with E-state index in [9.17, 15) is 9.70 Å². The molecule has 0 bridgehead atoms. The maximum Gasteiger partial charge on any atom is 0.410 e. The van der Waals surface area contributed by atoms with Crippen molar-refractivity contribution in [1.29, 1.82) is 0 Å². The quantitative estimate of drug-likeness (QED) is 0.767. The predicted molar refractivity (Wildman–Crippen MR) is 97.6 cm³/mol. The molecule has 0 radical (unpaired) electrons. The number of pyridine rings is 1. The number of piperidine rings is 1. The molecule has 1 unspecified atom stereocenters. The molecule has 2 heterocycles. The highest BCUT2D eigenvalue weighted by Crippen LogP contribution is 2.26. The fourth-order valence-corrected chi connectivity index (χ4v) is 3.39. The van der Waals surface area contributed by atoms with E-state index in [1.807, 2.05) is 46.8 Å². The van der Waals surface area contributed by atoms with Crippen molar-refractivity contribution >= 4 is 6.09 Å². The molecule has 138 valence electrons. The van der Waals surface area contributed by atoms with E-state index in [4.69, 9.17) is 4.74 Å². The monoisotopic (exact) mass is 347 g/mol. The van der Waals surface area contributed by atoms with E-state index in [0.29, 0.717) is 13.0 Å². The number of rotatable bonds is 4. The van der Waals surface area contributed by atoms with Gasteiger partial charge in [0.2, 0.25) is 0 Å². The van der Waals surface area contributed by atoms with Crippen LogP contribution in [0.15, 0.2) is 17.3 Å². The fraction of sp³-hybridized carbons (Fsp3) is 0.684. The lowest BCUT2D eigenvalue weighted by Crippen LogP contribution is -2.51. The zero-order valence-corrected chi connectivity index (χ0v) is 15.9. The molecule has 2 rings (SSSR count). The molecule has 25 heavy (non-hydrogen) atoms. The van der Waals surface area contributed by atoms with Crippen molar-refractivity contribution in [2.45, 2.75) is 78.0 Å². The summed E-state index contributed by atoms with van der Waals surface area (Å²) < 4.78 is 5.52. The predicted octanol–water partition coefficient (Wildman–Crippen LogP) is 4.17. The Morgan fingerprint density at radius 3 is 2.68 bits per heavy atom. The molecule has 1 amide bonds. The summed E-state index contributed by atoms with van der Waals surface area (Å²) in [6, 6.07) is 3.23. The molecule has 1 aliphatic rings. The van der Waals surface area contributed by atoms with Crippen LogP contribution in [0.5, 0.6) is 0 Å². The van der Waals surface area contributed by atoms with Gasteiger partial charge in [-0.25, -0.2) is 4.79 Å². The summed E-state index contributed by atoms with van der Waals surface area (Å²) >= 11 is 0. The first kappa shape index (κ1) is 19.3. The highest BCUT2D eigenvalue weighted by Gasteiger charge is 2.36. The number of hydrogen-bond acceptors (Lipinski definition) is 5. The van der Waals surface area contributed by atoms with Gasteiger partial charge in [0.15, 0.2) is 0 Å². The number of hydrogen-bond donors (Lipinski definition) is 0. The highest BCUT2D eigenvalue weighted by molar-refractivity contribution is 5.68. The van der Waals surface area contributed by atoms with Crippen LogP contribution in [0.1, 0.15) is 57.0 Å². The van der Waals surface area contributed by atoms with E-state index in [1.54, 1.807) is 4.90 Å². The van der Waals surface area contributed by atoms with Crippen molar-refractivity contribution in [2.75, 3.05) is 6.54 Å². The van der Waals surface area contributed by atoms with Gasteiger partial charge in [0.05, 0.1) is 6.04 Å². The smallest absolute Gasteiger partial charge is 0.410 e. The molecule has 6 heteroatoms. The summed E-state index contributed by atoms with van der Waals surface area (Å²) in [7, 11) is 0. The summed E-state index contributed by atoms with van der Waals surface area (Å²) in [5.74, 6) is 0. The lowest BCUT2D eigenvalue weighted by atomic mass is 9.93. The Labute approximate surface area is 149 Å². The van der Waals surface area contributed by atoms with Gasteiger partial charge in [0.1, 0.15) is 11.6 Å². The molecule has 6 nitrogen and oxygen atoms in total. The molecular formula is C19H29N3O3. The molecule has 1 aromatic rings. The zero-order valence-electron chi connectivity index (χ0n) is 15.9. The summed E-state index contributed by atoms with van der Waals surface area (Å²) in [4.78, 5) is 30.3. The van der Waals surface area contributed by atoms with Gasteiger partial charge in [-0.2, -0.15) is 4.91 Å². The average molecular weight is 347 g/mol. The van der Waals surface area contributed by atoms with E-state index in [2.05, 4.69) is 10.2 Å². The summed E-state index contributed by atoms with van der Waals surface area (Å²) in [6.45, 7) is 10.1. The molecule has 1 saturated heterocycles. The second-order valence-electron chi connectivity index (χ2n) is 7.89. The summed E-state index contributed by atoms with van der Waals surface area (Å²) in [6.07, 6.45) is 2.75. The highest BCUT2D eigenvalue weighted by atomic mass is 16.6. The average Bonchev–Trinajstić information content (AvgIpc) is 2.50. The minimum atomic E-state index is -0.557. The number of nitrogens with zero attached hydrogens (tertiary/aromatic N) is 3. The van der Waals surface area contributed by atoms with Crippen LogP contribution in [0.4, 0.5) is 4.79 Å². The van der Waals surface area contributed by atoms with E-state index in [0.717, 1.165) is 36.2 Å². The van der Waals surface area contributed by atoms with Crippen LogP contribution in [0.2, 0.25) is 0 Å². The first-order valence-corrected chi connectivity index (χ1v) is 8.96. The van der Waals surface area contributed by atoms with Gasteiger partial charge >= 0.3 is 6.09 Å². The molecule has 0 aliphatic carbocycles. The second kappa shape index (κ2) is 7.93. The van der Waals surface area contributed by atoms with Crippen molar-refractivity contribution in [3.63, 3.8) is 0 Å². The van der Waals surface area contributed by atoms with Gasteiger partial charge in [-0.1, -0.05) is 5.18 Å². The SMILES string of the molecule is Cc1cc(C)nc(CC(N=O)[C@@H]2CCCCN2C(=O)OC(C)(C)C)c1. The standard InChI is InChI=1S/C19H29N3O3/c1-13-10-14(2)20-15(11-13)12-16(21-24)17-8-6-7-9-22(17)18(23)25-19(3,4)5/h10-11,16-17H,6-9,12H2,1-5H3/t16?,17-/m0/s1. The Hall–Kier alpha value is -1.98. The van der Waals surface area contributed by atoms with Gasteiger partial charge in [-0.05, 0) is 71.6 Å². The number of aromatic nitrogens is 1. The third-order valence-corrected chi connectivity index (χ3v) is 4.33. The number of likely N-dealkylation sites (tertiary alicyclic amines) is 1. The van der Waals surface area contributed by atoms with E-state index >= 15 is 0 Å². The number of amides is 1. The molecule has 1 aliphatic heterocycles. The maximum atomic E-state index is 12.5. The van der Waals surface area contributed by atoms with Crippen molar-refractivity contribution in [3.8, 4) is 0 Å². The third-order valence-electron chi connectivity index (χ3n) is 4.33. The van der Waals surface area contributed by atoms with Crippen LogP contribution in [-0.4, -0.2) is 40.2 Å². The molecule has 1 aromatic heterocycles. The van der Waals surface area contributed by atoms with Crippen LogP contribution < -0.4 is 0 Å². The van der Waals surface area contributed by atoms with Gasteiger partial charge in [0, 0.05) is 24.4 Å². The first-order valence-electron chi connectivity index (χ1n) is 8.96. The minimum Gasteiger partial charge on any atom is -0.444 e. The van der Waals surface area contributed by atoms with Gasteiger partial charge in [0.25, 0.3) is 0 Å². The second-order valence-corrected chi connectivity index (χ2v) is 7.89. The Morgan fingerprint density at radius 2 is 2.08 bits per heavy atom. The fourth-order valence-electron chi connectivity index (χ4n) is 3.39. The van der Waals surface area contributed by atoms with Gasteiger partial charge in [-0.15, -0.1) is 0 Å². The van der Waals surface area contributed by atoms with E-state index in [-0.39, 0.29) is 12.1 Å². The molecule has 0 saturated carbocycles. The molecule has 1 fully saturated rings. The Morgan fingerprint density at radius 1 is 1.36 bits per heavy atom. The van der Waals surface area contributed by atoms with Crippen molar-refractivity contribution < 1.29 is 9.53 Å². The molecule has 2 atom stereocenters. The van der Waals surface area contributed by atoms with Crippen LogP contribution in [0, 0.1) is 18.8 Å². The lowest BCUT2D eigenvalue weighted by Gasteiger charge is -2.38. The van der Waals surface area contributed by atoms with Crippen molar-refractivity contribution in [3.05, 3.63) is 34.0 Å². The van der Waals surface area contributed by atoms with Crippen LogP contribution in [-0.2, 0) is 11.2 Å². The zero-order chi connectivity index (χ0) is 18.6. The molecule has 0 spiro atoms. The Balaban J connectivity index is 2.17. The van der Waals surface area contributed by atoms with Crippen LogP contribution in [0.25, 0.3) is 0 Å². The van der Waals surface area contributed by atoms with Gasteiger partial charge < -0.3 is 9.64 Å². The molecule has 0 N–H and O–H groups in total. The normalized spacial score (nSPS) is 19.4. The van der Waals surface area contributed by atoms with Crippen molar-refractivity contribution in [2.24, 2.45) is 5.18 Å². The summed E-state index contributed by atoms with van der Waals surface area (Å²) in [5, 5.41) is 3.36. The maximum absolute atomic E-state index is 12.5. The Kier molecular flexibility index (Phi) is 6.14. The van der Waals surface area contributed by atoms with Crippen LogP contribution in [0.3, 0.4) is 0 Å². The van der Waals surface area contributed by atoms with Gasteiger partial charge in [-0.3, -0.25) is 4.98 Å². The van der Waals surface area contributed by atoms with E-state index < -0.39 is 11.6 Å². The van der Waals surface area contributed by atoms with Crippen LogP contribution >= 0.6 is 0 Å². The van der Waals surface area contributed by atoms with Crippen molar-refractivity contribution in [1.82, 2.24) is 9.88 Å². The number of ether oxygens (including phenoxy) is 1. The Bertz CT molecular complexity index is 605. The number of carbonyl (C=O) groups is 1. The summed E-state index contributed by atoms with van der Waals surface area (Å²) in [5.41, 5.74) is 2.32. The topological polar surface area (TPSA) is 71.9 Å². The first-order chi connectivity index (χ1) is 11.7. The van der Waals surface area contributed by atoms with E-state index in [1.165, 1.54) is 0 Å². The minimum absolute atomic E-state index is 0.233. The molecule has 0 aromatic carbocycles.